The molecule has 0 fully saturated rings. The van der Waals surface area contributed by atoms with E-state index in [1.165, 1.54) is 18.2 Å². The number of carbonyl (C=O) groups excluding carboxylic acids is 2. The van der Waals surface area contributed by atoms with Gasteiger partial charge in [-0.2, -0.15) is 8.78 Å². The van der Waals surface area contributed by atoms with Crippen molar-refractivity contribution in [3.8, 4) is 5.75 Å². The van der Waals surface area contributed by atoms with Crippen LogP contribution >= 0.6 is 0 Å². The molecule has 0 aliphatic rings. The van der Waals surface area contributed by atoms with E-state index in [9.17, 15) is 18.4 Å². The van der Waals surface area contributed by atoms with Gasteiger partial charge in [0.15, 0.2) is 0 Å². The van der Waals surface area contributed by atoms with Crippen LogP contribution in [0, 0.1) is 0 Å². The second-order valence-corrected chi connectivity index (χ2v) is 7.48. The highest BCUT2D eigenvalue weighted by atomic mass is 19.3. The first kappa shape index (κ1) is 22.4. The van der Waals surface area contributed by atoms with Crippen LogP contribution in [0.15, 0.2) is 30.3 Å². The predicted octanol–water partition coefficient (Wildman–Crippen LogP) is 3.72. The van der Waals surface area contributed by atoms with E-state index in [-0.39, 0.29) is 12.3 Å². The molecule has 2 N–H and O–H groups in total. The SMILES string of the molecule is CC(C)(CNC(=O)OC(C)(C)C)NC(=O)/C=C/c1ccccc1OC(F)F. The molecule has 0 radical (unpaired) electrons. The largest absolute Gasteiger partial charge is 0.444 e. The Morgan fingerprint density at radius 3 is 2.37 bits per heavy atom. The van der Waals surface area contributed by atoms with Crippen LogP contribution in [0.25, 0.3) is 6.08 Å². The Labute approximate surface area is 157 Å². The smallest absolute Gasteiger partial charge is 0.407 e. The molecule has 0 saturated carbocycles. The molecule has 0 spiro atoms. The van der Waals surface area contributed by atoms with Gasteiger partial charge in [-0.05, 0) is 46.8 Å². The molecule has 0 saturated heterocycles. The van der Waals surface area contributed by atoms with Crippen molar-refractivity contribution in [2.24, 2.45) is 0 Å². The molecule has 2 amide bonds. The van der Waals surface area contributed by atoms with Crippen molar-refractivity contribution in [2.45, 2.75) is 52.4 Å². The van der Waals surface area contributed by atoms with Gasteiger partial charge in [0, 0.05) is 18.2 Å². The first-order valence-corrected chi connectivity index (χ1v) is 8.39. The molecule has 0 aliphatic carbocycles. The van der Waals surface area contributed by atoms with Crippen LogP contribution in [0.5, 0.6) is 5.75 Å². The summed E-state index contributed by atoms with van der Waals surface area (Å²) in [5.41, 5.74) is -1.02. The summed E-state index contributed by atoms with van der Waals surface area (Å²) in [4.78, 5) is 23.8. The van der Waals surface area contributed by atoms with E-state index in [2.05, 4.69) is 15.4 Å². The van der Waals surface area contributed by atoms with Gasteiger partial charge in [0.25, 0.3) is 0 Å². The number of para-hydroxylation sites is 1. The van der Waals surface area contributed by atoms with Crippen molar-refractivity contribution in [2.75, 3.05) is 6.54 Å². The number of carbonyl (C=O) groups is 2. The number of benzene rings is 1. The van der Waals surface area contributed by atoms with Crippen molar-refractivity contribution in [1.29, 1.82) is 0 Å². The highest BCUT2D eigenvalue weighted by Crippen LogP contribution is 2.21. The topological polar surface area (TPSA) is 76.7 Å². The number of alkyl carbamates (subject to hydrolysis) is 1. The van der Waals surface area contributed by atoms with Crippen molar-refractivity contribution in [3.63, 3.8) is 0 Å². The van der Waals surface area contributed by atoms with Crippen LogP contribution in [0.4, 0.5) is 13.6 Å². The highest BCUT2D eigenvalue weighted by molar-refractivity contribution is 5.92. The second kappa shape index (κ2) is 9.34. The summed E-state index contributed by atoms with van der Waals surface area (Å²) in [7, 11) is 0. The van der Waals surface area contributed by atoms with Gasteiger partial charge in [-0.1, -0.05) is 18.2 Å². The van der Waals surface area contributed by atoms with E-state index in [1.807, 2.05) is 0 Å². The summed E-state index contributed by atoms with van der Waals surface area (Å²) < 4.78 is 34.4. The van der Waals surface area contributed by atoms with Crippen molar-refractivity contribution in [3.05, 3.63) is 35.9 Å². The molecule has 1 aromatic rings. The molecule has 27 heavy (non-hydrogen) atoms. The fourth-order valence-electron chi connectivity index (χ4n) is 2.01. The molecule has 0 heterocycles. The molecular weight excluding hydrogens is 358 g/mol. The van der Waals surface area contributed by atoms with E-state index in [0.717, 1.165) is 0 Å². The van der Waals surface area contributed by atoms with Crippen LogP contribution in [0.3, 0.4) is 0 Å². The number of hydrogen-bond donors (Lipinski definition) is 2. The number of ether oxygens (including phenoxy) is 2. The Bertz CT molecular complexity index is 683. The Kier molecular flexibility index (Phi) is 7.75. The van der Waals surface area contributed by atoms with E-state index < -0.39 is 29.8 Å². The third-order valence-corrected chi connectivity index (χ3v) is 3.08. The quantitative estimate of drug-likeness (QED) is 0.703. The number of alkyl halides is 2. The zero-order valence-corrected chi connectivity index (χ0v) is 16.1. The maximum absolute atomic E-state index is 12.4. The second-order valence-electron chi connectivity index (χ2n) is 7.48. The summed E-state index contributed by atoms with van der Waals surface area (Å²) in [5, 5.41) is 5.31. The Morgan fingerprint density at radius 2 is 1.78 bits per heavy atom. The van der Waals surface area contributed by atoms with E-state index in [0.29, 0.717) is 5.56 Å². The number of halogens is 2. The normalized spacial score (nSPS) is 12.1. The van der Waals surface area contributed by atoms with Crippen LogP contribution in [-0.4, -0.2) is 36.3 Å². The molecular formula is C19H26F2N2O4. The predicted molar refractivity (Wildman–Crippen MR) is 98.6 cm³/mol. The van der Waals surface area contributed by atoms with Crippen LogP contribution in [-0.2, 0) is 9.53 Å². The van der Waals surface area contributed by atoms with Gasteiger partial charge in [-0.15, -0.1) is 0 Å². The molecule has 0 atom stereocenters. The van der Waals surface area contributed by atoms with Gasteiger partial charge in [-0.3, -0.25) is 4.79 Å². The molecule has 0 unspecified atom stereocenters. The minimum absolute atomic E-state index is 0.0256. The molecule has 0 aromatic heterocycles. The number of amides is 2. The fourth-order valence-corrected chi connectivity index (χ4v) is 2.01. The summed E-state index contributed by atoms with van der Waals surface area (Å²) in [6.07, 6.45) is 2.01. The monoisotopic (exact) mass is 384 g/mol. The Balaban J connectivity index is 2.62. The lowest BCUT2D eigenvalue weighted by atomic mass is 10.1. The summed E-state index contributed by atoms with van der Waals surface area (Å²) in [5.74, 6) is -0.472. The third kappa shape index (κ3) is 9.58. The van der Waals surface area contributed by atoms with Gasteiger partial charge in [0.2, 0.25) is 5.91 Å². The zero-order valence-electron chi connectivity index (χ0n) is 16.1. The van der Waals surface area contributed by atoms with Crippen LogP contribution in [0.1, 0.15) is 40.2 Å². The third-order valence-electron chi connectivity index (χ3n) is 3.08. The molecule has 6 nitrogen and oxygen atoms in total. The summed E-state index contributed by atoms with van der Waals surface area (Å²) in [6.45, 7) is 5.89. The average molecular weight is 384 g/mol. The fraction of sp³-hybridized carbons (Fsp3) is 0.474. The molecule has 1 aromatic carbocycles. The number of hydrogen-bond acceptors (Lipinski definition) is 4. The molecule has 0 aliphatic heterocycles. The number of rotatable bonds is 7. The summed E-state index contributed by atoms with van der Waals surface area (Å²) >= 11 is 0. The van der Waals surface area contributed by atoms with Crippen LogP contribution < -0.4 is 15.4 Å². The van der Waals surface area contributed by atoms with E-state index in [1.54, 1.807) is 52.8 Å². The maximum atomic E-state index is 12.4. The molecule has 1 rings (SSSR count). The average Bonchev–Trinajstić information content (AvgIpc) is 2.50. The highest BCUT2D eigenvalue weighted by Gasteiger charge is 2.22. The van der Waals surface area contributed by atoms with Crippen molar-refractivity contribution >= 4 is 18.1 Å². The van der Waals surface area contributed by atoms with Crippen molar-refractivity contribution in [1.82, 2.24) is 10.6 Å². The first-order chi connectivity index (χ1) is 12.4. The van der Waals surface area contributed by atoms with Crippen LogP contribution in [0.2, 0.25) is 0 Å². The molecule has 0 bridgehead atoms. The standard InChI is InChI=1S/C19H26F2N2O4/c1-18(2,3)27-17(25)22-12-19(4,5)23-15(24)11-10-13-8-6-7-9-14(13)26-16(20)21/h6-11,16H,12H2,1-5H3,(H,22,25)(H,23,24)/b11-10+. The van der Waals surface area contributed by atoms with E-state index in [4.69, 9.17) is 4.74 Å². The van der Waals surface area contributed by atoms with Crippen molar-refractivity contribution < 1.29 is 27.8 Å². The summed E-state index contributed by atoms with van der Waals surface area (Å²) in [6, 6.07) is 6.14. The zero-order chi connectivity index (χ0) is 20.7. The molecule has 150 valence electrons. The first-order valence-electron chi connectivity index (χ1n) is 8.39. The van der Waals surface area contributed by atoms with Gasteiger partial charge < -0.3 is 20.1 Å². The Hall–Kier alpha value is -2.64. The minimum Gasteiger partial charge on any atom is -0.444 e. The van der Waals surface area contributed by atoms with Gasteiger partial charge in [0.1, 0.15) is 11.4 Å². The lowest BCUT2D eigenvalue weighted by Gasteiger charge is -2.27. The lowest BCUT2D eigenvalue weighted by Crippen LogP contribution is -2.51. The maximum Gasteiger partial charge on any atom is 0.407 e. The van der Waals surface area contributed by atoms with E-state index >= 15 is 0 Å². The lowest BCUT2D eigenvalue weighted by molar-refractivity contribution is -0.117. The van der Waals surface area contributed by atoms with Gasteiger partial charge in [0.05, 0.1) is 5.54 Å². The minimum atomic E-state index is -2.95. The number of nitrogens with one attached hydrogen (secondary N) is 2. The van der Waals surface area contributed by atoms with Gasteiger partial charge >= 0.3 is 12.7 Å². The molecule has 8 heteroatoms. The van der Waals surface area contributed by atoms with Gasteiger partial charge in [-0.25, -0.2) is 4.79 Å². The Morgan fingerprint density at radius 1 is 1.15 bits per heavy atom.